The fourth-order valence-electron chi connectivity index (χ4n) is 3.79. The summed E-state index contributed by atoms with van der Waals surface area (Å²) in [7, 11) is 0. The van der Waals surface area contributed by atoms with Gasteiger partial charge in [-0.1, -0.05) is 42.8 Å². The van der Waals surface area contributed by atoms with Gasteiger partial charge in [0.1, 0.15) is 0 Å². The van der Waals surface area contributed by atoms with Gasteiger partial charge in [0.15, 0.2) is 5.82 Å². The third-order valence-corrected chi connectivity index (χ3v) is 4.92. The number of nitrogens with one attached hydrogen (secondary N) is 1. The van der Waals surface area contributed by atoms with E-state index < -0.39 is 0 Å². The van der Waals surface area contributed by atoms with E-state index in [1.54, 1.807) is 0 Å². The Morgan fingerprint density at radius 3 is 3.05 bits per heavy atom. The van der Waals surface area contributed by atoms with Crippen molar-refractivity contribution in [2.75, 3.05) is 6.54 Å². The van der Waals surface area contributed by atoms with E-state index in [-0.39, 0.29) is 0 Å². The molecule has 1 N–H and O–H groups in total. The lowest BCUT2D eigenvalue weighted by Crippen LogP contribution is -2.31. The van der Waals surface area contributed by atoms with Crippen molar-refractivity contribution < 1.29 is 4.52 Å². The van der Waals surface area contributed by atoms with Crippen LogP contribution in [0.2, 0.25) is 0 Å². The second-order valence-corrected chi connectivity index (χ2v) is 6.15. The number of likely N-dealkylation sites (N-methyl/N-ethyl adjacent to an activating group) is 1. The Bertz CT molecular complexity index is 636. The summed E-state index contributed by atoms with van der Waals surface area (Å²) in [4.78, 5) is 4.73. The van der Waals surface area contributed by atoms with E-state index in [0.29, 0.717) is 17.9 Å². The third-order valence-electron chi connectivity index (χ3n) is 4.92. The van der Waals surface area contributed by atoms with E-state index in [0.717, 1.165) is 31.1 Å². The number of fused-ring (bicyclic) bond motifs is 1. The van der Waals surface area contributed by atoms with Gasteiger partial charge in [0, 0.05) is 6.04 Å². The molecule has 3 unspecified atom stereocenters. The van der Waals surface area contributed by atoms with Crippen LogP contribution in [-0.2, 0) is 6.42 Å². The number of hydrogen-bond acceptors (Lipinski definition) is 4. The van der Waals surface area contributed by atoms with Crippen LogP contribution in [0.15, 0.2) is 28.8 Å². The average molecular weight is 283 g/mol. The first-order valence-corrected chi connectivity index (χ1v) is 8.01. The molecule has 1 aromatic heterocycles. The zero-order valence-corrected chi connectivity index (χ0v) is 12.4. The topological polar surface area (TPSA) is 51.0 Å². The third kappa shape index (κ3) is 2.18. The molecule has 0 bridgehead atoms. The Balaban J connectivity index is 1.54. The minimum absolute atomic E-state index is 0.331. The van der Waals surface area contributed by atoms with Crippen LogP contribution in [0.3, 0.4) is 0 Å². The summed E-state index contributed by atoms with van der Waals surface area (Å²) in [5.41, 5.74) is 2.78. The van der Waals surface area contributed by atoms with Crippen LogP contribution in [0.25, 0.3) is 0 Å². The largest absolute Gasteiger partial charge is 0.339 e. The highest BCUT2D eigenvalue weighted by Crippen LogP contribution is 2.40. The Morgan fingerprint density at radius 1 is 1.29 bits per heavy atom. The molecule has 0 saturated heterocycles. The number of rotatable bonds is 4. The van der Waals surface area contributed by atoms with Crippen molar-refractivity contribution in [2.45, 2.75) is 50.5 Å². The maximum atomic E-state index is 5.60. The Labute approximate surface area is 124 Å². The van der Waals surface area contributed by atoms with Crippen LogP contribution in [0.1, 0.15) is 60.9 Å². The van der Waals surface area contributed by atoms with E-state index >= 15 is 0 Å². The van der Waals surface area contributed by atoms with Crippen molar-refractivity contribution in [3.63, 3.8) is 0 Å². The van der Waals surface area contributed by atoms with Gasteiger partial charge in [-0.2, -0.15) is 4.98 Å². The van der Waals surface area contributed by atoms with Crippen molar-refractivity contribution in [3.05, 3.63) is 47.1 Å². The zero-order valence-electron chi connectivity index (χ0n) is 12.4. The van der Waals surface area contributed by atoms with Crippen LogP contribution in [0.4, 0.5) is 0 Å². The highest BCUT2D eigenvalue weighted by molar-refractivity contribution is 5.43. The molecule has 4 rings (SSSR count). The molecule has 0 spiro atoms. The fourth-order valence-corrected chi connectivity index (χ4v) is 3.79. The van der Waals surface area contributed by atoms with Crippen molar-refractivity contribution in [3.8, 4) is 0 Å². The second-order valence-electron chi connectivity index (χ2n) is 6.15. The molecular weight excluding hydrogens is 262 g/mol. The lowest BCUT2D eigenvalue weighted by Gasteiger charge is -2.27. The van der Waals surface area contributed by atoms with Crippen LogP contribution in [-0.4, -0.2) is 22.7 Å². The first-order chi connectivity index (χ1) is 10.4. The van der Waals surface area contributed by atoms with E-state index in [1.165, 1.54) is 24.0 Å². The van der Waals surface area contributed by atoms with Gasteiger partial charge in [-0.25, -0.2) is 0 Å². The first-order valence-electron chi connectivity index (χ1n) is 8.01. The second kappa shape index (κ2) is 5.26. The van der Waals surface area contributed by atoms with E-state index in [9.17, 15) is 0 Å². The standard InChI is InChI=1S/C17H21N3O/c1-2-18-15-9-5-8-13(15)17-19-16(20-21-17)14-10-11-6-3-4-7-12(11)14/h3-4,6-7,13-15,18H,2,5,8-10H2,1H3. The molecule has 1 heterocycles. The minimum Gasteiger partial charge on any atom is -0.339 e. The van der Waals surface area contributed by atoms with Crippen molar-refractivity contribution in [1.82, 2.24) is 15.5 Å². The molecule has 3 atom stereocenters. The van der Waals surface area contributed by atoms with Crippen LogP contribution in [0.5, 0.6) is 0 Å². The van der Waals surface area contributed by atoms with E-state index in [4.69, 9.17) is 9.51 Å². The Morgan fingerprint density at radius 2 is 2.19 bits per heavy atom. The summed E-state index contributed by atoms with van der Waals surface area (Å²) in [6.45, 7) is 3.15. The summed E-state index contributed by atoms with van der Waals surface area (Å²) in [5, 5.41) is 7.81. The lowest BCUT2D eigenvalue weighted by molar-refractivity contribution is 0.327. The fraction of sp³-hybridized carbons (Fsp3) is 0.529. The maximum Gasteiger partial charge on any atom is 0.231 e. The van der Waals surface area contributed by atoms with Gasteiger partial charge in [0.2, 0.25) is 5.89 Å². The van der Waals surface area contributed by atoms with Gasteiger partial charge < -0.3 is 9.84 Å². The zero-order chi connectivity index (χ0) is 14.2. The Hall–Kier alpha value is -1.68. The molecule has 1 saturated carbocycles. The predicted molar refractivity (Wildman–Crippen MR) is 80.3 cm³/mol. The summed E-state index contributed by atoms with van der Waals surface area (Å²) < 4.78 is 5.60. The van der Waals surface area contributed by atoms with Crippen LogP contribution < -0.4 is 5.32 Å². The first kappa shape index (κ1) is 13.0. The monoisotopic (exact) mass is 283 g/mol. The van der Waals surface area contributed by atoms with E-state index in [2.05, 4.69) is 41.7 Å². The van der Waals surface area contributed by atoms with Crippen molar-refractivity contribution >= 4 is 0 Å². The maximum absolute atomic E-state index is 5.60. The van der Waals surface area contributed by atoms with Gasteiger partial charge >= 0.3 is 0 Å². The molecule has 1 aromatic carbocycles. The van der Waals surface area contributed by atoms with Gasteiger partial charge in [-0.15, -0.1) is 0 Å². The number of hydrogen-bond donors (Lipinski definition) is 1. The highest BCUT2D eigenvalue weighted by atomic mass is 16.5. The number of nitrogens with zero attached hydrogens (tertiary/aromatic N) is 2. The Kier molecular flexibility index (Phi) is 3.26. The summed E-state index contributed by atoms with van der Waals surface area (Å²) in [6.07, 6.45) is 4.64. The van der Waals surface area contributed by atoms with Crippen LogP contribution >= 0.6 is 0 Å². The predicted octanol–water partition coefficient (Wildman–Crippen LogP) is 3.00. The molecule has 0 aliphatic heterocycles. The molecule has 4 nitrogen and oxygen atoms in total. The smallest absolute Gasteiger partial charge is 0.231 e. The molecule has 0 amide bonds. The number of aromatic nitrogens is 2. The molecule has 4 heteroatoms. The number of benzene rings is 1. The van der Waals surface area contributed by atoms with Gasteiger partial charge in [0.05, 0.1) is 11.8 Å². The highest BCUT2D eigenvalue weighted by Gasteiger charge is 2.35. The van der Waals surface area contributed by atoms with E-state index in [1.807, 2.05) is 0 Å². The van der Waals surface area contributed by atoms with Crippen molar-refractivity contribution in [2.24, 2.45) is 0 Å². The van der Waals surface area contributed by atoms with Gasteiger partial charge in [-0.05, 0) is 36.9 Å². The normalized spacial score (nSPS) is 27.4. The summed E-state index contributed by atoms with van der Waals surface area (Å²) in [6, 6.07) is 9.04. The van der Waals surface area contributed by atoms with Crippen LogP contribution in [0, 0.1) is 0 Å². The molecule has 2 aliphatic carbocycles. The molecule has 0 radical (unpaired) electrons. The molecule has 2 aliphatic rings. The average Bonchev–Trinajstić information content (AvgIpc) is 3.10. The molecular formula is C17H21N3O. The van der Waals surface area contributed by atoms with Crippen molar-refractivity contribution in [1.29, 1.82) is 0 Å². The SMILES string of the molecule is CCNC1CCCC1c1nc(C2Cc3ccccc32)no1. The lowest BCUT2D eigenvalue weighted by atomic mass is 9.77. The molecule has 110 valence electrons. The molecule has 2 aromatic rings. The summed E-state index contributed by atoms with van der Waals surface area (Å²) >= 11 is 0. The molecule has 21 heavy (non-hydrogen) atoms. The minimum atomic E-state index is 0.331. The van der Waals surface area contributed by atoms with Gasteiger partial charge in [-0.3, -0.25) is 0 Å². The molecule has 1 fully saturated rings. The quantitative estimate of drug-likeness (QED) is 0.937. The van der Waals surface area contributed by atoms with Gasteiger partial charge in [0.25, 0.3) is 0 Å². The summed E-state index contributed by atoms with van der Waals surface area (Å²) in [5.74, 6) is 2.42.